The van der Waals surface area contributed by atoms with E-state index in [2.05, 4.69) is 31.7 Å². The van der Waals surface area contributed by atoms with E-state index in [0.29, 0.717) is 53.3 Å². The largest absolute Gasteiger partial charge is 0.497 e. The van der Waals surface area contributed by atoms with Crippen LogP contribution in [0.3, 0.4) is 0 Å². The fourth-order valence-corrected chi connectivity index (χ4v) is 4.53. The molecule has 5 N–H and O–H groups in total. The number of fused-ring (bicyclic) bond motifs is 1. The molecule has 0 saturated heterocycles. The van der Waals surface area contributed by atoms with Crippen LogP contribution in [0, 0.1) is 0 Å². The summed E-state index contributed by atoms with van der Waals surface area (Å²) >= 11 is 0. The van der Waals surface area contributed by atoms with Crippen molar-refractivity contribution in [2.24, 2.45) is 0 Å². The molecule has 1 aromatic heterocycles. The minimum atomic E-state index is -0.604. The quantitative estimate of drug-likeness (QED) is 0.146. The first-order valence-electron chi connectivity index (χ1n) is 14.2. The van der Waals surface area contributed by atoms with Crippen LogP contribution in [0.15, 0.2) is 65.5 Å². The summed E-state index contributed by atoms with van der Waals surface area (Å²) in [7, 11) is 1.62. The van der Waals surface area contributed by atoms with Gasteiger partial charge in [-0.05, 0) is 80.8 Å². The Morgan fingerprint density at radius 3 is 2.41 bits per heavy atom. The molecule has 4 aromatic rings. The van der Waals surface area contributed by atoms with Gasteiger partial charge < -0.3 is 29.2 Å². The minimum Gasteiger partial charge on any atom is -0.497 e. The third kappa shape index (κ3) is 7.21. The van der Waals surface area contributed by atoms with Gasteiger partial charge in [0.2, 0.25) is 0 Å². The summed E-state index contributed by atoms with van der Waals surface area (Å²) in [4.78, 5) is 32.4. The van der Waals surface area contributed by atoms with E-state index in [1.807, 2.05) is 88.4 Å². The maximum absolute atomic E-state index is 12.6. The molecule has 230 valence electrons. The fraction of sp³-hybridized carbons (Fsp3) is 0.281. The molecule has 0 aliphatic carbocycles. The van der Waals surface area contributed by atoms with Gasteiger partial charge in [0.25, 0.3) is 5.56 Å². The van der Waals surface area contributed by atoms with E-state index in [1.54, 1.807) is 7.11 Å². The van der Waals surface area contributed by atoms with Crippen molar-refractivity contribution in [2.45, 2.75) is 39.9 Å². The van der Waals surface area contributed by atoms with Gasteiger partial charge in [-0.3, -0.25) is 20.4 Å². The lowest BCUT2D eigenvalue weighted by Gasteiger charge is -2.20. The van der Waals surface area contributed by atoms with E-state index < -0.39 is 5.60 Å². The third-order valence-corrected chi connectivity index (χ3v) is 6.53. The number of ether oxygens (including phenoxy) is 4. The van der Waals surface area contributed by atoms with E-state index in [4.69, 9.17) is 18.9 Å². The van der Waals surface area contributed by atoms with Gasteiger partial charge in [-0.2, -0.15) is 0 Å². The van der Waals surface area contributed by atoms with Crippen LogP contribution in [0.25, 0.3) is 22.5 Å². The summed E-state index contributed by atoms with van der Waals surface area (Å²) in [6.07, 6.45) is 0. The minimum absolute atomic E-state index is 0.0438. The Labute approximate surface area is 255 Å². The average molecular weight is 601 g/mol. The predicted molar refractivity (Wildman–Crippen MR) is 169 cm³/mol. The van der Waals surface area contributed by atoms with Crippen LogP contribution in [0.2, 0.25) is 0 Å². The number of methoxy groups -OCH3 is 1. The molecule has 1 aliphatic heterocycles. The Hall–Kier alpha value is -5.23. The monoisotopic (exact) mass is 600 g/mol. The molecular weight excluding hydrogens is 564 g/mol. The number of H-pyrrole nitrogens is 1. The lowest BCUT2D eigenvalue weighted by atomic mass is 10.0. The zero-order chi connectivity index (χ0) is 31.3. The number of esters is 1. The van der Waals surface area contributed by atoms with Crippen molar-refractivity contribution in [1.82, 2.24) is 15.5 Å². The van der Waals surface area contributed by atoms with Crippen molar-refractivity contribution in [3.05, 3.63) is 76.6 Å². The van der Waals surface area contributed by atoms with Gasteiger partial charge in [0.1, 0.15) is 41.8 Å². The van der Waals surface area contributed by atoms with E-state index >= 15 is 0 Å². The molecule has 0 unspecified atom stereocenters. The number of hydrogen-bond donors (Lipinski definition) is 5. The number of carbonyl (C=O) groups excluding carboxylic acids is 1. The second-order valence-electron chi connectivity index (χ2n) is 10.9. The van der Waals surface area contributed by atoms with Crippen molar-refractivity contribution < 1.29 is 23.7 Å². The first kappa shape index (κ1) is 30.2. The van der Waals surface area contributed by atoms with Crippen LogP contribution in [0.1, 0.15) is 33.3 Å². The van der Waals surface area contributed by atoms with Gasteiger partial charge >= 0.3 is 5.97 Å². The number of hydrazine groups is 2. The summed E-state index contributed by atoms with van der Waals surface area (Å²) < 4.78 is 22.9. The zero-order valence-corrected chi connectivity index (χ0v) is 25.3. The number of rotatable bonds is 11. The predicted octanol–water partition coefficient (Wildman–Crippen LogP) is 5.10. The molecular formula is C32H36N6O6. The maximum Gasteiger partial charge on any atom is 0.325 e. The third-order valence-electron chi connectivity index (χ3n) is 6.53. The van der Waals surface area contributed by atoms with E-state index in [1.165, 1.54) is 0 Å². The lowest BCUT2D eigenvalue weighted by molar-refractivity contribution is -0.152. The number of aromatic nitrogens is 2. The van der Waals surface area contributed by atoms with Crippen molar-refractivity contribution in [3.8, 4) is 39.8 Å². The zero-order valence-electron chi connectivity index (χ0n) is 25.3. The van der Waals surface area contributed by atoms with Gasteiger partial charge in [-0.1, -0.05) is 24.3 Å². The summed E-state index contributed by atoms with van der Waals surface area (Å²) in [6.45, 7) is 8.05. The number of nitrogens with one attached hydrogen (secondary N) is 5. The highest BCUT2D eigenvalue weighted by atomic mass is 16.6. The van der Waals surface area contributed by atoms with Gasteiger partial charge in [0.05, 0.1) is 25.0 Å². The fourth-order valence-electron chi connectivity index (χ4n) is 4.53. The molecule has 0 atom stereocenters. The number of hydrogen-bond acceptors (Lipinski definition) is 11. The van der Waals surface area contributed by atoms with Crippen molar-refractivity contribution in [2.75, 3.05) is 36.4 Å². The Balaban J connectivity index is 1.45. The number of benzene rings is 3. The molecule has 3 aromatic carbocycles. The average Bonchev–Trinajstić information content (AvgIpc) is 3.48. The molecule has 2 heterocycles. The van der Waals surface area contributed by atoms with Crippen LogP contribution in [-0.4, -0.2) is 41.8 Å². The number of anilines is 3. The van der Waals surface area contributed by atoms with E-state index in [9.17, 15) is 9.59 Å². The molecule has 0 amide bonds. The standard InChI is InChI=1S/C32H36N6O6/c1-6-42-26-16-21(9-13-23(26)29-34-30-28(31(40)35-29)36-38-37-30)20-10-14-25(43-18-19-7-11-22(41-5)12-8-19)24(15-20)33-17-27(39)44-32(2,3)4/h7-16,33,36,38H,6,17-18H2,1-5H3,(H2,34,35,37,40). The normalized spacial score (nSPS) is 12.0. The smallest absolute Gasteiger partial charge is 0.325 e. The van der Waals surface area contributed by atoms with Crippen molar-refractivity contribution in [1.29, 1.82) is 0 Å². The van der Waals surface area contributed by atoms with E-state index in [-0.39, 0.29) is 18.1 Å². The van der Waals surface area contributed by atoms with Gasteiger partial charge in [-0.15, -0.1) is 5.53 Å². The molecule has 0 saturated carbocycles. The second-order valence-corrected chi connectivity index (χ2v) is 10.9. The van der Waals surface area contributed by atoms with Gasteiger partial charge in [-0.25, -0.2) is 4.98 Å². The lowest BCUT2D eigenvalue weighted by Crippen LogP contribution is -2.28. The number of aromatic amines is 1. The molecule has 0 spiro atoms. The van der Waals surface area contributed by atoms with Crippen molar-refractivity contribution >= 4 is 23.2 Å². The highest BCUT2D eigenvalue weighted by molar-refractivity contribution is 5.80. The van der Waals surface area contributed by atoms with Crippen LogP contribution in [0.4, 0.5) is 17.2 Å². The number of nitrogens with zero attached hydrogens (tertiary/aromatic N) is 1. The highest BCUT2D eigenvalue weighted by Crippen LogP contribution is 2.37. The Bertz CT molecular complexity index is 1700. The molecule has 12 heteroatoms. The van der Waals surface area contributed by atoms with Crippen LogP contribution in [-0.2, 0) is 16.1 Å². The first-order valence-corrected chi connectivity index (χ1v) is 14.2. The Morgan fingerprint density at radius 1 is 0.932 bits per heavy atom. The van der Waals surface area contributed by atoms with Crippen LogP contribution >= 0.6 is 0 Å². The SMILES string of the molecule is CCOc1cc(-c2ccc(OCc3ccc(OC)cc3)c(NCC(=O)OC(C)(C)C)c2)ccc1-c1nc2c(c(=O)[nH]1)NNN2. The topological polar surface area (TPSA) is 148 Å². The van der Waals surface area contributed by atoms with Gasteiger partial charge in [0, 0.05) is 0 Å². The molecule has 12 nitrogen and oxygen atoms in total. The maximum atomic E-state index is 12.6. The summed E-state index contributed by atoms with van der Waals surface area (Å²) in [5, 5.41) is 3.19. The Kier molecular flexibility index (Phi) is 8.91. The number of carbonyl (C=O) groups is 1. The molecule has 0 bridgehead atoms. The Morgan fingerprint density at radius 2 is 1.68 bits per heavy atom. The van der Waals surface area contributed by atoms with Crippen molar-refractivity contribution in [3.63, 3.8) is 0 Å². The van der Waals surface area contributed by atoms with Crippen LogP contribution in [0.5, 0.6) is 17.2 Å². The highest BCUT2D eigenvalue weighted by Gasteiger charge is 2.20. The summed E-state index contributed by atoms with van der Waals surface area (Å²) in [6, 6.07) is 19.0. The summed E-state index contributed by atoms with van der Waals surface area (Å²) in [5.74, 6) is 2.26. The molecule has 5 rings (SSSR count). The second kappa shape index (κ2) is 13.0. The molecule has 44 heavy (non-hydrogen) atoms. The van der Waals surface area contributed by atoms with Crippen LogP contribution < -0.4 is 41.5 Å². The molecule has 0 radical (unpaired) electrons. The summed E-state index contributed by atoms with van der Waals surface area (Å²) in [5.41, 5.74) is 11.5. The molecule has 1 aliphatic rings. The van der Waals surface area contributed by atoms with Gasteiger partial charge in [0.15, 0.2) is 11.5 Å². The van der Waals surface area contributed by atoms with E-state index in [0.717, 1.165) is 22.4 Å². The first-order chi connectivity index (χ1) is 21.1. The molecule has 0 fully saturated rings.